The first kappa shape index (κ1) is 40.7. The van der Waals surface area contributed by atoms with Gasteiger partial charge in [-0.2, -0.15) is 5.26 Å². The van der Waals surface area contributed by atoms with E-state index < -0.39 is 5.41 Å². The van der Waals surface area contributed by atoms with Crippen LogP contribution in [0, 0.1) is 28.6 Å². The number of amidine groups is 1. The average molecular weight is 650 g/mol. The molecule has 4 rings (SSSR count). The lowest BCUT2D eigenvalue weighted by atomic mass is 9.74. The highest BCUT2D eigenvalue weighted by Gasteiger charge is 2.49. The molecule has 0 aromatic heterocycles. The monoisotopic (exact) mass is 649 g/mol. The smallest absolute Gasteiger partial charge is 0.253 e. The van der Waals surface area contributed by atoms with Gasteiger partial charge in [-0.15, -0.1) is 0 Å². The molecule has 1 fully saturated rings. The Balaban J connectivity index is 0.00000174. The molecule has 3 atom stereocenters. The number of nitrogens with two attached hydrogens (primary N) is 3. The van der Waals surface area contributed by atoms with Crippen molar-refractivity contribution in [2.45, 2.75) is 59.4 Å². The molecule has 8 N–H and O–H groups in total. The van der Waals surface area contributed by atoms with E-state index in [-0.39, 0.29) is 42.7 Å². The van der Waals surface area contributed by atoms with Crippen LogP contribution in [0.5, 0.6) is 0 Å². The SMILES string of the molecule is CC.CC.CC1C(N(CC#N)C(=O)CNCCC2(C(=N)N)c3ccc(C(=O)N(C)C)cc3-c3cc(C(=O)N(C)C)ccc32)[C@H]1C.NN. The standard InChI is InChI=1S/C31H39N7O3.2C2H6.H4N2/c1-18-19(2)27(18)38(14-12-32)26(39)17-35-13-11-31(30(33)34)24-9-7-20(28(40)36(3)4)15-22(24)23-16-21(8-10-25(23)31)29(41)37(5)6;3*1-2/h7-10,15-16,18-19,27,35H,11,13-14,17H2,1-6H3,(H3,33,34);2*1-2H3;1-2H2/t18-,19?,27?;;;/m0.../s1. The van der Waals surface area contributed by atoms with Gasteiger partial charge >= 0.3 is 0 Å². The predicted molar refractivity (Wildman–Crippen MR) is 189 cm³/mol. The molecule has 0 aliphatic heterocycles. The Morgan fingerprint density at radius 1 is 0.872 bits per heavy atom. The number of hydrogen-bond donors (Lipinski definition) is 5. The number of amides is 3. The van der Waals surface area contributed by atoms with Crippen molar-refractivity contribution < 1.29 is 14.4 Å². The average Bonchev–Trinajstić information content (AvgIpc) is 3.56. The van der Waals surface area contributed by atoms with Gasteiger partial charge in [0.1, 0.15) is 12.4 Å². The van der Waals surface area contributed by atoms with Crippen LogP contribution in [0.25, 0.3) is 11.1 Å². The second-order valence-corrected chi connectivity index (χ2v) is 11.6. The first-order valence-corrected chi connectivity index (χ1v) is 16.1. The largest absolute Gasteiger partial charge is 0.387 e. The third-order valence-electron chi connectivity index (χ3n) is 8.66. The van der Waals surface area contributed by atoms with Gasteiger partial charge in [-0.25, -0.2) is 0 Å². The molecule has 0 saturated heterocycles. The van der Waals surface area contributed by atoms with E-state index in [0.717, 1.165) is 22.3 Å². The summed E-state index contributed by atoms with van der Waals surface area (Å²) >= 11 is 0. The maximum absolute atomic E-state index is 13.0. The minimum absolute atomic E-state index is 0.0556. The van der Waals surface area contributed by atoms with Crippen LogP contribution in [-0.4, -0.2) is 92.1 Å². The van der Waals surface area contributed by atoms with E-state index in [1.54, 1.807) is 57.4 Å². The summed E-state index contributed by atoms with van der Waals surface area (Å²) in [5.41, 5.74) is 9.41. The van der Waals surface area contributed by atoms with Crippen molar-refractivity contribution in [3.8, 4) is 17.2 Å². The quantitative estimate of drug-likeness (QED) is 0.0645. The van der Waals surface area contributed by atoms with Gasteiger partial charge < -0.3 is 25.8 Å². The fourth-order valence-electron chi connectivity index (χ4n) is 6.11. The highest BCUT2D eigenvalue weighted by molar-refractivity contribution is 6.05. The van der Waals surface area contributed by atoms with Crippen molar-refractivity contribution in [1.29, 1.82) is 10.7 Å². The number of nitrogens with zero attached hydrogens (tertiary/aromatic N) is 4. The molecule has 12 heteroatoms. The van der Waals surface area contributed by atoms with Gasteiger partial charge in [0.15, 0.2) is 0 Å². The maximum atomic E-state index is 13.0. The normalized spacial score (nSPS) is 17.3. The van der Waals surface area contributed by atoms with E-state index in [4.69, 9.17) is 11.1 Å². The van der Waals surface area contributed by atoms with E-state index >= 15 is 0 Å². The van der Waals surface area contributed by atoms with Crippen LogP contribution in [-0.2, 0) is 10.2 Å². The van der Waals surface area contributed by atoms with Crippen LogP contribution in [0.15, 0.2) is 36.4 Å². The highest BCUT2D eigenvalue weighted by Crippen LogP contribution is 2.51. The molecule has 47 heavy (non-hydrogen) atoms. The molecule has 0 spiro atoms. The van der Waals surface area contributed by atoms with Crippen molar-refractivity contribution in [2.75, 3.05) is 47.8 Å². The van der Waals surface area contributed by atoms with Gasteiger partial charge in [-0.1, -0.05) is 53.7 Å². The first-order chi connectivity index (χ1) is 22.4. The van der Waals surface area contributed by atoms with Crippen LogP contribution in [0.3, 0.4) is 0 Å². The second-order valence-electron chi connectivity index (χ2n) is 11.6. The number of rotatable bonds is 10. The third kappa shape index (κ3) is 8.35. The van der Waals surface area contributed by atoms with E-state index in [0.29, 0.717) is 35.9 Å². The third-order valence-corrected chi connectivity index (χ3v) is 8.66. The maximum Gasteiger partial charge on any atom is 0.253 e. The van der Waals surface area contributed by atoms with E-state index in [1.807, 2.05) is 39.8 Å². The molecule has 0 bridgehead atoms. The zero-order chi connectivity index (χ0) is 36.2. The fourth-order valence-corrected chi connectivity index (χ4v) is 6.11. The van der Waals surface area contributed by atoms with Crippen molar-refractivity contribution in [3.63, 3.8) is 0 Å². The Kier molecular flexibility index (Phi) is 15.7. The molecule has 3 amide bonds. The van der Waals surface area contributed by atoms with Crippen LogP contribution in [0.1, 0.15) is 79.8 Å². The van der Waals surface area contributed by atoms with Crippen LogP contribution in [0.2, 0.25) is 0 Å². The summed E-state index contributed by atoms with van der Waals surface area (Å²) in [4.78, 5) is 43.3. The summed E-state index contributed by atoms with van der Waals surface area (Å²) in [6.07, 6.45) is 0.381. The Morgan fingerprint density at radius 2 is 1.30 bits per heavy atom. The molecule has 2 aliphatic rings. The number of hydrogen-bond acceptors (Lipinski definition) is 8. The number of carbonyl (C=O) groups excluding carboxylic acids is 3. The minimum Gasteiger partial charge on any atom is -0.387 e. The molecular weight excluding hydrogens is 594 g/mol. The number of carbonyl (C=O) groups is 3. The molecule has 258 valence electrons. The lowest BCUT2D eigenvalue weighted by Crippen LogP contribution is -2.45. The Labute approximate surface area is 280 Å². The summed E-state index contributed by atoms with van der Waals surface area (Å²) in [6, 6.07) is 13.0. The van der Waals surface area contributed by atoms with E-state index in [9.17, 15) is 19.6 Å². The number of nitriles is 1. The van der Waals surface area contributed by atoms with E-state index in [1.165, 1.54) is 9.80 Å². The molecule has 0 radical (unpaired) electrons. The topological polar surface area (TPSA) is 199 Å². The molecule has 1 saturated carbocycles. The predicted octanol–water partition coefficient (Wildman–Crippen LogP) is 3.15. The lowest BCUT2D eigenvalue weighted by molar-refractivity contribution is -0.130. The first-order valence-electron chi connectivity index (χ1n) is 16.1. The summed E-state index contributed by atoms with van der Waals surface area (Å²) in [6.45, 7) is 12.7. The van der Waals surface area contributed by atoms with E-state index in [2.05, 4.69) is 36.9 Å². The van der Waals surface area contributed by atoms with Crippen molar-refractivity contribution in [2.24, 2.45) is 29.3 Å². The lowest BCUT2D eigenvalue weighted by Gasteiger charge is -2.31. The Morgan fingerprint density at radius 3 is 1.64 bits per heavy atom. The van der Waals surface area contributed by atoms with Crippen molar-refractivity contribution >= 4 is 23.6 Å². The molecular formula is C35H55N9O3. The molecule has 2 unspecified atom stereocenters. The van der Waals surface area contributed by atoms with Crippen LogP contribution in [0.4, 0.5) is 0 Å². The number of fused-ring (bicyclic) bond motifs is 3. The highest BCUT2D eigenvalue weighted by atomic mass is 16.2. The summed E-state index contributed by atoms with van der Waals surface area (Å²) in [5, 5.41) is 21.2. The van der Waals surface area contributed by atoms with Gasteiger partial charge in [0, 0.05) is 45.4 Å². The molecule has 12 nitrogen and oxygen atoms in total. The molecule has 2 aromatic carbocycles. The Bertz CT molecular complexity index is 1370. The summed E-state index contributed by atoms with van der Waals surface area (Å²) in [7, 11) is 6.75. The van der Waals surface area contributed by atoms with Crippen molar-refractivity contribution in [1.82, 2.24) is 20.0 Å². The van der Waals surface area contributed by atoms with Crippen LogP contribution >= 0.6 is 0 Å². The summed E-state index contributed by atoms with van der Waals surface area (Å²) < 4.78 is 0. The number of benzene rings is 2. The number of nitrogens with one attached hydrogen (secondary N) is 2. The Hall–Kier alpha value is -4.31. The zero-order valence-electron chi connectivity index (χ0n) is 29.8. The molecule has 0 heterocycles. The van der Waals surface area contributed by atoms with Crippen molar-refractivity contribution in [3.05, 3.63) is 58.7 Å². The number of hydrazine groups is 1. The molecule has 2 aromatic rings. The van der Waals surface area contributed by atoms with Crippen LogP contribution < -0.4 is 22.7 Å². The van der Waals surface area contributed by atoms with Gasteiger partial charge in [0.05, 0.1) is 18.0 Å². The fraction of sp³-hybridized carbons (Fsp3) is 0.514. The zero-order valence-corrected chi connectivity index (χ0v) is 29.8. The van der Waals surface area contributed by atoms with Gasteiger partial charge in [0.2, 0.25) is 5.91 Å². The second kappa shape index (κ2) is 18.1. The van der Waals surface area contributed by atoms with Gasteiger partial charge in [0.25, 0.3) is 11.8 Å². The minimum atomic E-state index is -1.01. The molecule has 2 aliphatic carbocycles. The summed E-state index contributed by atoms with van der Waals surface area (Å²) in [5.74, 6) is 8.24. The van der Waals surface area contributed by atoms with Gasteiger partial charge in [-0.3, -0.25) is 31.5 Å². The van der Waals surface area contributed by atoms with Gasteiger partial charge in [-0.05, 0) is 71.3 Å².